The van der Waals surface area contributed by atoms with Crippen molar-refractivity contribution in [1.29, 1.82) is 0 Å². The van der Waals surface area contributed by atoms with Crippen LogP contribution in [0, 0.1) is 0 Å². The predicted molar refractivity (Wildman–Crippen MR) is 204 cm³/mol. The zero-order chi connectivity index (χ0) is 39.5. The molecule has 14 heteroatoms. The summed E-state index contributed by atoms with van der Waals surface area (Å²) >= 11 is 0. The maximum Gasteiger partial charge on any atom is 0.412 e. The summed E-state index contributed by atoms with van der Waals surface area (Å²) in [7, 11) is -2.38. The van der Waals surface area contributed by atoms with Crippen LogP contribution in [0.25, 0.3) is 22.3 Å². The highest BCUT2D eigenvalue weighted by molar-refractivity contribution is 6.94. The Kier molecular flexibility index (Phi) is 10.1. The van der Waals surface area contributed by atoms with E-state index in [-0.39, 0.29) is 54.3 Å². The molecule has 3 aromatic rings. The van der Waals surface area contributed by atoms with E-state index in [4.69, 9.17) is 23.9 Å². The summed E-state index contributed by atoms with van der Waals surface area (Å²) in [5.74, 6) is -1.53. The smallest absolute Gasteiger partial charge is 0.412 e. The van der Waals surface area contributed by atoms with Crippen LogP contribution in [0.4, 0.5) is 15.3 Å². The molecule has 2 aliphatic heterocycles. The van der Waals surface area contributed by atoms with E-state index in [1.807, 2.05) is 12.1 Å². The minimum atomic E-state index is -2.38. The van der Waals surface area contributed by atoms with Gasteiger partial charge in [-0.25, -0.2) is 19.4 Å². The molecule has 0 fully saturated rings. The van der Waals surface area contributed by atoms with Gasteiger partial charge in [0.1, 0.15) is 17.8 Å². The number of esters is 2. The number of hydrogen-bond acceptors (Lipinski definition) is 10. The van der Waals surface area contributed by atoms with Crippen LogP contribution in [0.5, 0.6) is 0 Å². The fourth-order valence-corrected chi connectivity index (χ4v) is 9.23. The Labute approximate surface area is 311 Å². The van der Waals surface area contributed by atoms with Gasteiger partial charge in [0, 0.05) is 23.2 Å². The Bertz CT molecular complexity index is 2070. The van der Waals surface area contributed by atoms with E-state index in [2.05, 4.69) is 44.5 Å². The van der Waals surface area contributed by atoms with Crippen LogP contribution in [0.1, 0.15) is 98.8 Å². The molecule has 0 radical (unpaired) electrons. The fourth-order valence-electron chi connectivity index (χ4n) is 6.65. The minimum absolute atomic E-state index is 0.00755. The Morgan fingerprint density at radius 2 is 1.58 bits per heavy atom. The van der Waals surface area contributed by atoms with Crippen molar-refractivity contribution in [2.45, 2.75) is 130 Å². The van der Waals surface area contributed by atoms with Gasteiger partial charge in [-0.05, 0) is 88.0 Å². The number of rotatable bonds is 7. The molecule has 0 saturated heterocycles. The molecule has 0 saturated carbocycles. The van der Waals surface area contributed by atoms with Gasteiger partial charge in [-0.15, -0.1) is 0 Å². The number of aromatic nitrogens is 2. The number of nitrogens with zero attached hydrogens (tertiary/aromatic N) is 2. The van der Waals surface area contributed by atoms with Gasteiger partial charge in [0.2, 0.25) is 5.60 Å². The third kappa shape index (κ3) is 7.69. The molecule has 5 rings (SSSR count). The van der Waals surface area contributed by atoms with Crippen LogP contribution < -0.4 is 21.4 Å². The van der Waals surface area contributed by atoms with Crippen LogP contribution in [-0.2, 0) is 47.3 Å². The zero-order valence-electron chi connectivity index (χ0n) is 32.9. The molecule has 0 aliphatic carbocycles. The molecule has 53 heavy (non-hydrogen) atoms. The molecule has 2 aliphatic rings. The average Bonchev–Trinajstić information content (AvgIpc) is 3.37. The Hall–Kier alpha value is -4.72. The molecule has 286 valence electrons. The number of alkyl carbamates (subject to hydrolysis) is 1. The molecule has 4 heterocycles. The normalized spacial score (nSPS) is 16.9. The van der Waals surface area contributed by atoms with Gasteiger partial charge in [0.05, 0.1) is 43.5 Å². The van der Waals surface area contributed by atoms with Gasteiger partial charge in [-0.2, -0.15) is 0 Å². The second-order valence-corrected chi connectivity index (χ2v) is 22.5. The quantitative estimate of drug-likeness (QED) is 0.119. The van der Waals surface area contributed by atoms with Crippen molar-refractivity contribution in [2.75, 3.05) is 11.9 Å². The number of anilines is 1. The van der Waals surface area contributed by atoms with Crippen LogP contribution in [0.2, 0.25) is 18.1 Å². The van der Waals surface area contributed by atoms with E-state index in [0.717, 1.165) is 16.1 Å². The molecule has 2 aromatic heterocycles. The van der Waals surface area contributed by atoms with E-state index in [0.29, 0.717) is 22.6 Å². The van der Waals surface area contributed by atoms with Crippen molar-refractivity contribution in [2.24, 2.45) is 0 Å². The second-order valence-electron chi connectivity index (χ2n) is 17.3. The third-order valence-electron chi connectivity index (χ3n) is 10.1. The molecule has 13 nitrogen and oxygen atoms in total. The van der Waals surface area contributed by atoms with Gasteiger partial charge in [0.25, 0.3) is 5.56 Å². The third-order valence-corrected chi connectivity index (χ3v) is 15.7. The van der Waals surface area contributed by atoms with Gasteiger partial charge in [0.15, 0.2) is 0 Å². The molecular weight excluding hydrogens is 697 g/mol. The maximum absolute atomic E-state index is 14.4. The Morgan fingerprint density at radius 3 is 2.19 bits per heavy atom. The van der Waals surface area contributed by atoms with Gasteiger partial charge in [-0.3, -0.25) is 14.9 Å². The highest BCUT2D eigenvalue weighted by Gasteiger charge is 2.51. The summed E-state index contributed by atoms with van der Waals surface area (Å²) in [6, 6.07) is 7.28. The number of carbonyl (C=O) groups excluding carboxylic acids is 4. The minimum Gasteiger partial charge on any atom is -0.457 e. The average molecular weight is 749 g/mol. The van der Waals surface area contributed by atoms with E-state index < -0.39 is 49.0 Å². The highest BCUT2D eigenvalue weighted by atomic mass is 28.3. The Balaban J connectivity index is 1.61. The number of cyclic esters (lactones) is 1. The number of carbonyl (C=O) groups is 4. The highest BCUT2D eigenvalue weighted by Crippen LogP contribution is 2.44. The number of nitrogens with one attached hydrogen (secondary N) is 2. The second kappa shape index (κ2) is 13.6. The van der Waals surface area contributed by atoms with E-state index in [1.165, 1.54) is 0 Å². The zero-order valence-corrected chi connectivity index (χ0v) is 33.9. The predicted octanol–water partition coefficient (Wildman–Crippen LogP) is 6.61. The lowest BCUT2D eigenvalue weighted by Gasteiger charge is -2.39. The monoisotopic (exact) mass is 748 g/mol. The number of ether oxygens (including phenoxy) is 4. The van der Waals surface area contributed by atoms with Gasteiger partial charge >= 0.3 is 24.1 Å². The summed E-state index contributed by atoms with van der Waals surface area (Å²) in [5, 5.41) is 7.25. The van der Waals surface area contributed by atoms with Crippen molar-refractivity contribution in [3.05, 3.63) is 51.3 Å². The fraction of sp³-hybridized carbons (Fsp3) is 0.538. The lowest BCUT2D eigenvalue weighted by Crippen LogP contribution is -2.51. The SMILES string of the molecule is CCC1(OC(=O)CCNC(=O)OC(C)(C)C)C(=O)OCc2c1cc1n(c2=O)Cc2c-1nc1ccc(NC(=O)OC(C)(C)C)cc1c2[Si](C)(C)C(C)(C)C. The standard InChI is InChI=1S/C39H52N4O9Si/c1-13-39(50-29(44)16-17-40-34(47)51-36(2,3)4)26-19-28-30-24(20-43(28)32(45)25(26)21-49-33(39)46)31(53(11,12)38(8,9)10)23-18-22(14-15-27(23)42-30)41-35(48)52-37(5,6)7/h14-15,18-19H,13,16-17,20-21H2,1-12H3,(H,40,47)(H,41,48). The first-order valence-corrected chi connectivity index (χ1v) is 21.0. The summed E-state index contributed by atoms with van der Waals surface area (Å²) in [6.07, 6.45) is -1.49. The lowest BCUT2D eigenvalue weighted by atomic mass is 9.85. The molecule has 1 aromatic carbocycles. The first-order valence-electron chi connectivity index (χ1n) is 18.0. The topological polar surface area (TPSA) is 164 Å². The van der Waals surface area contributed by atoms with Crippen molar-refractivity contribution in [1.82, 2.24) is 14.9 Å². The molecule has 0 spiro atoms. The largest absolute Gasteiger partial charge is 0.457 e. The maximum atomic E-state index is 14.4. The van der Waals surface area contributed by atoms with Crippen molar-refractivity contribution < 1.29 is 38.1 Å². The van der Waals surface area contributed by atoms with Gasteiger partial charge < -0.3 is 28.8 Å². The first kappa shape index (κ1) is 39.5. The van der Waals surface area contributed by atoms with E-state index in [9.17, 15) is 24.0 Å². The molecule has 1 atom stereocenters. The molecule has 2 N–H and O–H groups in total. The van der Waals surface area contributed by atoms with Crippen LogP contribution in [0.15, 0.2) is 29.1 Å². The molecule has 1 unspecified atom stereocenters. The van der Waals surface area contributed by atoms with E-state index >= 15 is 0 Å². The number of benzene rings is 1. The van der Waals surface area contributed by atoms with Crippen LogP contribution in [-0.4, -0.2) is 59.5 Å². The number of hydrogen-bond donors (Lipinski definition) is 2. The summed E-state index contributed by atoms with van der Waals surface area (Å²) in [4.78, 5) is 71.1. The van der Waals surface area contributed by atoms with Crippen molar-refractivity contribution in [3.8, 4) is 11.4 Å². The Morgan fingerprint density at radius 1 is 0.943 bits per heavy atom. The summed E-state index contributed by atoms with van der Waals surface area (Å²) < 4.78 is 23.8. The lowest BCUT2D eigenvalue weighted by molar-refractivity contribution is -0.189. The summed E-state index contributed by atoms with van der Waals surface area (Å²) in [5.41, 5.74) is 0.133. The van der Waals surface area contributed by atoms with Gasteiger partial charge in [-0.1, -0.05) is 40.8 Å². The molecule has 2 amide bonds. The van der Waals surface area contributed by atoms with Crippen molar-refractivity contribution in [3.63, 3.8) is 0 Å². The van der Waals surface area contributed by atoms with Crippen LogP contribution >= 0.6 is 0 Å². The number of amides is 2. The number of pyridine rings is 2. The molecule has 0 bridgehead atoms. The number of fused-ring (bicyclic) bond motifs is 5. The molecular formula is C39H52N4O9Si. The first-order chi connectivity index (χ1) is 24.4. The van der Waals surface area contributed by atoms with E-state index in [1.54, 1.807) is 65.2 Å². The van der Waals surface area contributed by atoms with Crippen molar-refractivity contribution >= 4 is 54.0 Å². The van der Waals surface area contributed by atoms with Crippen LogP contribution in [0.3, 0.4) is 0 Å². The summed E-state index contributed by atoms with van der Waals surface area (Å²) in [6.45, 7) is 23.4.